The zero-order chi connectivity index (χ0) is 19.9. The van der Waals surface area contributed by atoms with E-state index in [-0.39, 0.29) is 5.91 Å². The van der Waals surface area contributed by atoms with Crippen LogP contribution in [0, 0.1) is 13.8 Å². The number of anilines is 1. The molecular weight excluding hydrogens is 348 g/mol. The predicted octanol–water partition coefficient (Wildman–Crippen LogP) is 4.77. The van der Waals surface area contributed by atoms with Crippen LogP contribution in [0.4, 0.5) is 5.69 Å². The molecule has 1 amide bonds. The van der Waals surface area contributed by atoms with Crippen molar-refractivity contribution in [2.45, 2.75) is 59.1 Å². The minimum atomic E-state index is -0.479. The van der Waals surface area contributed by atoms with Gasteiger partial charge in [0.2, 0.25) is 0 Å². The van der Waals surface area contributed by atoms with Gasteiger partial charge in [0, 0.05) is 25.3 Å². The van der Waals surface area contributed by atoms with Gasteiger partial charge < -0.3 is 15.0 Å². The van der Waals surface area contributed by atoms with E-state index in [1.165, 1.54) is 24.9 Å². The first-order valence-electron chi connectivity index (χ1n) is 10.4. The van der Waals surface area contributed by atoms with E-state index in [2.05, 4.69) is 40.5 Å². The van der Waals surface area contributed by atoms with E-state index in [0.29, 0.717) is 13.0 Å². The van der Waals surface area contributed by atoms with Crippen LogP contribution in [0.15, 0.2) is 42.5 Å². The van der Waals surface area contributed by atoms with Gasteiger partial charge in [-0.2, -0.15) is 0 Å². The maximum absolute atomic E-state index is 12.6. The van der Waals surface area contributed by atoms with Crippen LogP contribution in [0.2, 0.25) is 0 Å². The molecule has 2 aromatic rings. The van der Waals surface area contributed by atoms with E-state index in [1.807, 2.05) is 32.9 Å². The van der Waals surface area contributed by atoms with Crippen molar-refractivity contribution in [2.24, 2.45) is 0 Å². The van der Waals surface area contributed by atoms with E-state index in [0.717, 1.165) is 35.5 Å². The number of benzene rings is 2. The molecule has 0 spiro atoms. The van der Waals surface area contributed by atoms with E-state index in [9.17, 15) is 4.79 Å². The van der Waals surface area contributed by atoms with Crippen molar-refractivity contribution in [2.75, 3.05) is 18.0 Å². The lowest BCUT2D eigenvalue weighted by atomic mass is 10.1. The van der Waals surface area contributed by atoms with Crippen LogP contribution in [0.3, 0.4) is 0 Å². The van der Waals surface area contributed by atoms with E-state index in [1.54, 1.807) is 0 Å². The maximum Gasteiger partial charge on any atom is 0.261 e. The van der Waals surface area contributed by atoms with Gasteiger partial charge in [-0.05, 0) is 74.4 Å². The molecule has 4 nitrogen and oxygen atoms in total. The highest BCUT2D eigenvalue weighted by Crippen LogP contribution is 2.22. The van der Waals surface area contributed by atoms with Crippen LogP contribution in [0.25, 0.3) is 0 Å². The summed E-state index contributed by atoms with van der Waals surface area (Å²) in [4.78, 5) is 15.1. The van der Waals surface area contributed by atoms with Gasteiger partial charge in [-0.15, -0.1) is 0 Å². The highest BCUT2D eigenvalue weighted by Gasteiger charge is 2.19. The monoisotopic (exact) mass is 380 g/mol. The summed E-state index contributed by atoms with van der Waals surface area (Å²) >= 11 is 0. The molecule has 1 atom stereocenters. The lowest BCUT2D eigenvalue weighted by Gasteiger charge is -2.28. The molecule has 3 rings (SSSR count). The second kappa shape index (κ2) is 9.63. The van der Waals surface area contributed by atoms with E-state index in [4.69, 9.17) is 4.74 Å². The van der Waals surface area contributed by atoms with Crippen molar-refractivity contribution in [1.29, 1.82) is 0 Å². The average molecular weight is 381 g/mol. The predicted molar refractivity (Wildman–Crippen MR) is 115 cm³/mol. The molecule has 0 aliphatic carbocycles. The van der Waals surface area contributed by atoms with Gasteiger partial charge in [0.15, 0.2) is 6.10 Å². The molecule has 1 aliphatic heterocycles. The third-order valence-electron chi connectivity index (χ3n) is 5.40. The first-order valence-corrected chi connectivity index (χ1v) is 10.4. The molecular formula is C24H32N2O2. The quantitative estimate of drug-likeness (QED) is 0.752. The molecule has 1 heterocycles. The van der Waals surface area contributed by atoms with Crippen LogP contribution < -0.4 is 15.0 Å². The molecule has 0 bridgehead atoms. The Morgan fingerprint density at radius 2 is 1.79 bits per heavy atom. The number of hydrogen-bond donors (Lipinski definition) is 1. The molecule has 1 saturated heterocycles. The first kappa shape index (κ1) is 20.2. The van der Waals surface area contributed by atoms with Crippen LogP contribution in [-0.4, -0.2) is 25.1 Å². The van der Waals surface area contributed by atoms with Crippen molar-refractivity contribution in [3.8, 4) is 5.75 Å². The molecule has 1 N–H and O–H groups in total. The van der Waals surface area contributed by atoms with Gasteiger partial charge in [-0.1, -0.05) is 31.2 Å². The Kier molecular flexibility index (Phi) is 6.96. The van der Waals surface area contributed by atoms with Crippen molar-refractivity contribution in [3.05, 3.63) is 59.2 Å². The summed E-state index contributed by atoms with van der Waals surface area (Å²) in [5.74, 6) is 0.719. The zero-order valence-corrected chi connectivity index (χ0v) is 17.3. The Morgan fingerprint density at radius 1 is 1.07 bits per heavy atom. The number of hydrogen-bond acceptors (Lipinski definition) is 3. The second-order valence-electron chi connectivity index (χ2n) is 7.72. The number of aryl methyl sites for hydroxylation is 2. The molecule has 28 heavy (non-hydrogen) atoms. The maximum atomic E-state index is 12.6. The van der Waals surface area contributed by atoms with E-state index >= 15 is 0 Å². The lowest BCUT2D eigenvalue weighted by Crippen LogP contribution is -2.37. The zero-order valence-electron chi connectivity index (χ0n) is 17.3. The number of carbonyl (C=O) groups excluding carboxylic acids is 1. The van der Waals surface area contributed by atoms with E-state index < -0.39 is 6.10 Å². The fourth-order valence-electron chi connectivity index (χ4n) is 3.59. The number of nitrogens with one attached hydrogen (secondary N) is 1. The summed E-state index contributed by atoms with van der Waals surface area (Å²) in [6.45, 7) is 8.81. The molecule has 1 fully saturated rings. The number of amides is 1. The van der Waals surface area contributed by atoms with Gasteiger partial charge in [-0.3, -0.25) is 4.79 Å². The summed E-state index contributed by atoms with van der Waals surface area (Å²) in [5.41, 5.74) is 4.56. The summed E-state index contributed by atoms with van der Waals surface area (Å²) in [5, 5.41) is 3.03. The van der Waals surface area contributed by atoms with Crippen molar-refractivity contribution < 1.29 is 9.53 Å². The normalized spacial score (nSPS) is 15.2. The lowest BCUT2D eigenvalue weighted by molar-refractivity contribution is -0.128. The van der Waals surface area contributed by atoms with Gasteiger partial charge in [0.25, 0.3) is 5.91 Å². The third-order valence-corrected chi connectivity index (χ3v) is 5.40. The second-order valence-corrected chi connectivity index (χ2v) is 7.72. The summed E-state index contributed by atoms with van der Waals surface area (Å²) < 4.78 is 6.01. The number of rotatable bonds is 7. The van der Waals surface area contributed by atoms with Gasteiger partial charge in [0.05, 0.1) is 0 Å². The number of nitrogens with zero attached hydrogens (tertiary/aromatic N) is 1. The molecule has 150 valence electrons. The highest BCUT2D eigenvalue weighted by atomic mass is 16.5. The highest BCUT2D eigenvalue weighted by molar-refractivity contribution is 5.81. The van der Waals surface area contributed by atoms with Crippen molar-refractivity contribution >= 4 is 11.6 Å². The minimum absolute atomic E-state index is 0.0662. The van der Waals surface area contributed by atoms with Crippen LogP contribution in [-0.2, 0) is 11.3 Å². The van der Waals surface area contributed by atoms with Crippen molar-refractivity contribution in [3.63, 3.8) is 0 Å². The Labute approximate surface area is 168 Å². The molecule has 4 heteroatoms. The topological polar surface area (TPSA) is 41.6 Å². The smallest absolute Gasteiger partial charge is 0.261 e. The Balaban J connectivity index is 1.55. The van der Waals surface area contributed by atoms with Gasteiger partial charge >= 0.3 is 0 Å². The SMILES string of the molecule is CC[C@@H](Oc1cc(C)ccc1C)C(=O)NCc1ccc(N2CCCCC2)cc1. The molecule has 2 aromatic carbocycles. The Bertz CT molecular complexity index is 780. The standard InChI is InChI=1S/C24H32N2O2/c1-4-22(28-23-16-18(2)8-9-19(23)3)24(27)25-17-20-10-12-21(13-11-20)26-14-6-5-7-15-26/h8-13,16,22H,4-7,14-15,17H2,1-3H3,(H,25,27)/t22-/m1/s1. The molecule has 0 aromatic heterocycles. The number of carbonyl (C=O) groups is 1. The summed E-state index contributed by atoms with van der Waals surface area (Å²) in [6, 6.07) is 14.6. The minimum Gasteiger partial charge on any atom is -0.480 e. The summed E-state index contributed by atoms with van der Waals surface area (Å²) in [7, 11) is 0. The fraction of sp³-hybridized carbons (Fsp3) is 0.458. The average Bonchev–Trinajstić information content (AvgIpc) is 2.73. The van der Waals surface area contributed by atoms with Gasteiger partial charge in [-0.25, -0.2) is 0 Å². The van der Waals surface area contributed by atoms with Crippen LogP contribution in [0.5, 0.6) is 5.75 Å². The molecule has 0 unspecified atom stereocenters. The fourth-order valence-corrected chi connectivity index (χ4v) is 3.59. The number of piperidine rings is 1. The van der Waals surface area contributed by atoms with Crippen molar-refractivity contribution in [1.82, 2.24) is 5.32 Å². The Hall–Kier alpha value is -2.49. The first-order chi connectivity index (χ1) is 13.6. The van der Waals surface area contributed by atoms with Gasteiger partial charge in [0.1, 0.15) is 5.75 Å². The summed E-state index contributed by atoms with van der Waals surface area (Å²) in [6.07, 6.45) is 4.04. The largest absolute Gasteiger partial charge is 0.480 e. The Morgan fingerprint density at radius 3 is 2.46 bits per heavy atom. The molecule has 0 saturated carbocycles. The third kappa shape index (κ3) is 5.28. The number of ether oxygens (including phenoxy) is 1. The van der Waals surface area contributed by atoms with Crippen LogP contribution >= 0.6 is 0 Å². The molecule has 1 aliphatic rings. The molecule has 0 radical (unpaired) electrons. The van der Waals surface area contributed by atoms with Crippen LogP contribution in [0.1, 0.15) is 49.3 Å².